The molecule has 0 saturated carbocycles. The summed E-state index contributed by atoms with van der Waals surface area (Å²) in [4.78, 5) is 10.7. The summed E-state index contributed by atoms with van der Waals surface area (Å²) in [6.07, 6.45) is -3.81. The van der Waals surface area contributed by atoms with E-state index in [4.69, 9.17) is 14.2 Å². The number of methoxy groups -OCH3 is 1. The van der Waals surface area contributed by atoms with Crippen molar-refractivity contribution in [1.29, 1.82) is 0 Å². The van der Waals surface area contributed by atoms with Crippen LogP contribution >= 0.6 is 0 Å². The molecule has 0 aliphatic carbocycles. The average Bonchev–Trinajstić information content (AvgIpc) is 3.25. The van der Waals surface area contributed by atoms with E-state index in [2.05, 4.69) is 20.3 Å². The Morgan fingerprint density at radius 2 is 1.97 bits per heavy atom. The zero-order chi connectivity index (χ0) is 24.5. The van der Waals surface area contributed by atoms with Crippen molar-refractivity contribution in [3.8, 4) is 11.6 Å². The molecule has 2 N–H and O–H groups in total. The lowest BCUT2D eigenvalue weighted by Crippen LogP contribution is -2.40. The fraction of sp³-hybridized carbons (Fsp3) is 0.400. The number of alkyl halides is 3. The minimum atomic E-state index is -4.62. The molecule has 1 aromatic carbocycles. The Hall–Kier alpha value is -3.10. The molecule has 10 nitrogen and oxygen atoms in total. The average molecular weight is 501 g/mol. The van der Waals surface area contributed by atoms with Gasteiger partial charge in [-0.1, -0.05) is 0 Å². The van der Waals surface area contributed by atoms with E-state index in [9.17, 15) is 21.6 Å². The molecule has 0 amide bonds. The monoisotopic (exact) mass is 501 g/mol. The van der Waals surface area contributed by atoms with E-state index >= 15 is 0 Å². The number of aromatic nitrogens is 3. The molecular formula is C20H22F3N5O5S. The molecule has 4 rings (SSSR count). The molecule has 34 heavy (non-hydrogen) atoms. The van der Waals surface area contributed by atoms with E-state index in [1.165, 1.54) is 29.6 Å². The predicted molar refractivity (Wildman–Crippen MR) is 116 cm³/mol. The van der Waals surface area contributed by atoms with Crippen LogP contribution in [0.4, 0.5) is 24.8 Å². The topological polar surface area (TPSA) is 119 Å². The number of aromatic amines is 1. The summed E-state index contributed by atoms with van der Waals surface area (Å²) in [6.45, 7) is 2.83. The van der Waals surface area contributed by atoms with Gasteiger partial charge in [0.25, 0.3) is 0 Å². The number of halogens is 3. The number of nitrogens with zero attached hydrogens (tertiary/aromatic N) is 3. The van der Waals surface area contributed by atoms with Gasteiger partial charge in [0.05, 0.1) is 48.5 Å². The molecule has 1 aliphatic heterocycles. The third-order valence-corrected chi connectivity index (χ3v) is 7.01. The van der Waals surface area contributed by atoms with E-state index in [1.54, 1.807) is 6.92 Å². The zero-order valence-corrected chi connectivity index (χ0v) is 19.1. The standard InChI is InChI=1S/C20H22F3N5O5S/c1-3-33-18-16-13(20(21,22)23)11-24-17(16)26-19(27-18)25-14-5-4-12(10-15(14)31-2)34(29,30)28-6-8-32-9-7-28/h4-5,10-11H,3,6-9H2,1-2H3,(H2,24,25,26,27). The summed E-state index contributed by atoms with van der Waals surface area (Å²) in [5.74, 6) is -0.124. The second kappa shape index (κ2) is 9.27. The Morgan fingerprint density at radius 1 is 1.24 bits per heavy atom. The molecule has 14 heteroatoms. The van der Waals surface area contributed by atoms with Gasteiger partial charge in [0, 0.05) is 25.4 Å². The van der Waals surface area contributed by atoms with Crippen molar-refractivity contribution in [2.24, 2.45) is 0 Å². The maximum atomic E-state index is 13.4. The molecule has 3 heterocycles. The van der Waals surface area contributed by atoms with Crippen molar-refractivity contribution in [2.45, 2.75) is 18.0 Å². The number of benzene rings is 1. The first-order valence-electron chi connectivity index (χ1n) is 10.3. The van der Waals surface area contributed by atoms with Crippen LogP contribution in [0.15, 0.2) is 29.3 Å². The minimum absolute atomic E-state index is 0.0300. The number of hydrogen-bond acceptors (Lipinski definition) is 8. The van der Waals surface area contributed by atoms with E-state index in [-0.39, 0.29) is 53.2 Å². The highest BCUT2D eigenvalue weighted by Gasteiger charge is 2.36. The van der Waals surface area contributed by atoms with Crippen LogP contribution in [0, 0.1) is 0 Å². The molecular weight excluding hydrogens is 479 g/mol. The maximum Gasteiger partial charge on any atom is 0.418 e. The highest BCUT2D eigenvalue weighted by atomic mass is 32.2. The third kappa shape index (κ3) is 4.60. The van der Waals surface area contributed by atoms with Crippen LogP contribution < -0.4 is 14.8 Å². The van der Waals surface area contributed by atoms with Crippen LogP contribution in [-0.2, 0) is 20.9 Å². The Labute approximate surface area is 193 Å². The van der Waals surface area contributed by atoms with E-state index in [0.29, 0.717) is 18.9 Å². The molecule has 0 bridgehead atoms. The van der Waals surface area contributed by atoms with Gasteiger partial charge in [0.15, 0.2) is 0 Å². The number of ether oxygens (including phenoxy) is 3. The highest BCUT2D eigenvalue weighted by molar-refractivity contribution is 7.89. The van der Waals surface area contributed by atoms with Gasteiger partial charge in [0.1, 0.15) is 11.4 Å². The van der Waals surface area contributed by atoms with Gasteiger partial charge < -0.3 is 24.5 Å². The number of sulfonamides is 1. The molecule has 1 aliphatic rings. The number of fused-ring (bicyclic) bond motifs is 1. The molecule has 0 spiro atoms. The van der Waals surface area contributed by atoms with Crippen LogP contribution in [0.5, 0.6) is 11.6 Å². The number of rotatable bonds is 7. The van der Waals surface area contributed by atoms with Gasteiger partial charge in [-0.05, 0) is 19.1 Å². The fourth-order valence-corrected chi connectivity index (χ4v) is 4.94. The third-order valence-electron chi connectivity index (χ3n) is 5.11. The van der Waals surface area contributed by atoms with Crippen molar-refractivity contribution < 1.29 is 35.8 Å². The smallest absolute Gasteiger partial charge is 0.418 e. The summed E-state index contributed by atoms with van der Waals surface area (Å²) < 4.78 is 83.2. The summed E-state index contributed by atoms with van der Waals surface area (Å²) in [7, 11) is -2.39. The Kier molecular flexibility index (Phi) is 6.55. The lowest BCUT2D eigenvalue weighted by atomic mass is 10.2. The Morgan fingerprint density at radius 3 is 2.62 bits per heavy atom. The second-order valence-electron chi connectivity index (χ2n) is 7.21. The Balaban J connectivity index is 1.69. The number of hydrogen-bond donors (Lipinski definition) is 2. The van der Waals surface area contributed by atoms with Crippen molar-refractivity contribution in [2.75, 3.05) is 45.3 Å². The zero-order valence-electron chi connectivity index (χ0n) is 18.3. The van der Waals surface area contributed by atoms with Gasteiger partial charge in [0.2, 0.25) is 21.9 Å². The number of H-pyrrole nitrogens is 1. The molecule has 0 unspecified atom stereocenters. The highest BCUT2D eigenvalue weighted by Crippen LogP contribution is 2.39. The van der Waals surface area contributed by atoms with Crippen molar-refractivity contribution in [3.05, 3.63) is 30.0 Å². The first kappa shape index (κ1) is 24.0. The van der Waals surface area contributed by atoms with Gasteiger partial charge in [-0.3, -0.25) is 0 Å². The van der Waals surface area contributed by atoms with Crippen molar-refractivity contribution in [3.63, 3.8) is 0 Å². The van der Waals surface area contributed by atoms with E-state index in [0.717, 1.165) is 6.20 Å². The lowest BCUT2D eigenvalue weighted by molar-refractivity contribution is -0.136. The van der Waals surface area contributed by atoms with Crippen LogP contribution in [0.2, 0.25) is 0 Å². The van der Waals surface area contributed by atoms with Gasteiger partial charge in [-0.2, -0.15) is 27.4 Å². The van der Waals surface area contributed by atoms with Gasteiger partial charge in [-0.15, -0.1) is 0 Å². The number of anilines is 2. The SMILES string of the molecule is CCOc1nc(Nc2ccc(S(=O)(=O)N3CCOCC3)cc2OC)nc2[nH]cc(C(F)(F)F)c12. The molecule has 0 radical (unpaired) electrons. The fourth-order valence-electron chi connectivity index (χ4n) is 3.51. The summed E-state index contributed by atoms with van der Waals surface area (Å²) in [5.41, 5.74) is -0.695. The molecule has 3 aromatic rings. The number of morpholine rings is 1. The lowest BCUT2D eigenvalue weighted by Gasteiger charge is -2.26. The number of nitrogens with one attached hydrogen (secondary N) is 2. The van der Waals surface area contributed by atoms with Crippen LogP contribution in [0.1, 0.15) is 12.5 Å². The molecule has 0 atom stereocenters. The van der Waals surface area contributed by atoms with E-state index < -0.39 is 21.8 Å². The van der Waals surface area contributed by atoms with Crippen molar-refractivity contribution in [1.82, 2.24) is 19.3 Å². The van der Waals surface area contributed by atoms with Gasteiger partial charge >= 0.3 is 6.18 Å². The minimum Gasteiger partial charge on any atom is -0.495 e. The van der Waals surface area contributed by atoms with Crippen LogP contribution in [-0.4, -0.2) is 67.7 Å². The second-order valence-corrected chi connectivity index (χ2v) is 9.15. The summed E-state index contributed by atoms with van der Waals surface area (Å²) in [6, 6.07) is 4.22. The normalized spacial score (nSPS) is 15.4. The first-order valence-corrected chi connectivity index (χ1v) is 11.7. The van der Waals surface area contributed by atoms with Gasteiger partial charge in [-0.25, -0.2) is 8.42 Å². The predicted octanol–water partition coefficient (Wildman–Crippen LogP) is 3.15. The molecule has 2 aromatic heterocycles. The van der Waals surface area contributed by atoms with E-state index in [1.807, 2.05) is 0 Å². The molecule has 184 valence electrons. The van der Waals surface area contributed by atoms with Crippen LogP contribution in [0.3, 0.4) is 0 Å². The quantitative estimate of drug-likeness (QED) is 0.507. The van der Waals surface area contributed by atoms with Crippen molar-refractivity contribution >= 4 is 32.7 Å². The maximum absolute atomic E-state index is 13.4. The molecule has 1 saturated heterocycles. The largest absolute Gasteiger partial charge is 0.495 e. The summed E-state index contributed by atoms with van der Waals surface area (Å²) in [5, 5.41) is 2.58. The van der Waals surface area contributed by atoms with Crippen LogP contribution in [0.25, 0.3) is 11.0 Å². The molecule has 1 fully saturated rings. The Bertz CT molecular complexity index is 1290. The first-order chi connectivity index (χ1) is 16.1. The summed E-state index contributed by atoms with van der Waals surface area (Å²) >= 11 is 0.